The van der Waals surface area contributed by atoms with Gasteiger partial charge in [0.2, 0.25) is 0 Å². The van der Waals surface area contributed by atoms with Gasteiger partial charge in [0.25, 0.3) is 0 Å². The summed E-state index contributed by atoms with van der Waals surface area (Å²) in [4.78, 5) is 0. The minimum atomic E-state index is 0.708. The van der Waals surface area contributed by atoms with Gasteiger partial charge in [-0.3, -0.25) is 0 Å². The van der Waals surface area contributed by atoms with Gasteiger partial charge in [-0.2, -0.15) is 0 Å². The van der Waals surface area contributed by atoms with Crippen LogP contribution in [0.15, 0.2) is 45.3 Å². The van der Waals surface area contributed by atoms with Crippen molar-refractivity contribution >= 4 is 43.2 Å². The molecule has 0 unspecified atom stereocenters. The summed E-state index contributed by atoms with van der Waals surface area (Å²) >= 11 is 6.75. The highest BCUT2D eigenvalue weighted by Gasteiger charge is 2.04. The maximum Gasteiger partial charge on any atom is 0.0464 e. The third-order valence-electron chi connectivity index (χ3n) is 2.32. The summed E-state index contributed by atoms with van der Waals surface area (Å²) in [7, 11) is 0. The second kappa shape index (κ2) is 4.47. The second-order valence-corrected chi connectivity index (χ2v) is 5.24. The van der Waals surface area contributed by atoms with Crippen molar-refractivity contribution in [2.24, 2.45) is 0 Å². The smallest absolute Gasteiger partial charge is 0.0464 e. The lowest BCUT2D eigenvalue weighted by molar-refractivity contribution is 1.57. The third-order valence-corrected chi connectivity index (χ3v) is 3.54. The Balaban J connectivity index is 2.54. The highest BCUT2D eigenvalue weighted by atomic mass is 79.9. The van der Waals surface area contributed by atoms with Crippen LogP contribution in [0.4, 0.5) is 11.4 Å². The number of anilines is 2. The average Bonchev–Trinajstić information content (AvgIpc) is 2.22. The first-order chi connectivity index (χ1) is 7.58. The van der Waals surface area contributed by atoms with Gasteiger partial charge in [-0.1, -0.05) is 28.1 Å². The summed E-state index contributed by atoms with van der Waals surface area (Å²) in [6, 6.07) is 11.6. The topological polar surface area (TPSA) is 52.0 Å². The van der Waals surface area contributed by atoms with Gasteiger partial charge in [0, 0.05) is 25.9 Å². The molecule has 0 heterocycles. The maximum atomic E-state index is 5.96. The van der Waals surface area contributed by atoms with Gasteiger partial charge in [-0.25, -0.2) is 0 Å². The van der Waals surface area contributed by atoms with E-state index in [0.717, 1.165) is 25.8 Å². The molecular formula is C12H10Br2N2. The molecule has 0 amide bonds. The molecule has 4 N–H and O–H groups in total. The predicted octanol–water partition coefficient (Wildman–Crippen LogP) is 4.04. The summed E-state index contributed by atoms with van der Waals surface area (Å²) in [5.74, 6) is 0. The van der Waals surface area contributed by atoms with Crippen molar-refractivity contribution in [3.05, 3.63) is 45.3 Å². The molecule has 0 fully saturated rings. The van der Waals surface area contributed by atoms with Crippen LogP contribution in [-0.2, 0) is 0 Å². The molecule has 4 heteroatoms. The lowest BCUT2D eigenvalue weighted by Gasteiger charge is -2.08. The lowest BCUT2D eigenvalue weighted by atomic mass is 10.0. The van der Waals surface area contributed by atoms with E-state index >= 15 is 0 Å². The minimum Gasteiger partial charge on any atom is -0.398 e. The number of benzene rings is 2. The van der Waals surface area contributed by atoms with Crippen LogP contribution in [0.3, 0.4) is 0 Å². The van der Waals surface area contributed by atoms with Crippen molar-refractivity contribution < 1.29 is 0 Å². The first-order valence-electron chi connectivity index (χ1n) is 4.68. The number of nitrogens with two attached hydrogens (primary N) is 2. The van der Waals surface area contributed by atoms with Crippen LogP contribution >= 0.6 is 31.9 Å². The molecule has 0 atom stereocenters. The van der Waals surface area contributed by atoms with Crippen LogP contribution in [0.2, 0.25) is 0 Å². The molecule has 0 saturated heterocycles. The quantitative estimate of drug-likeness (QED) is 0.769. The van der Waals surface area contributed by atoms with Crippen LogP contribution < -0.4 is 11.5 Å². The molecular weight excluding hydrogens is 332 g/mol. The Morgan fingerprint density at radius 1 is 0.812 bits per heavy atom. The molecule has 0 saturated carbocycles. The molecule has 0 aliphatic carbocycles. The number of nitrogen functional groups attached to an aromatic ring is 2. The summed E-state index contributed by atoms with van der Waals surface area (Å²) in [5, 5.41) is 0. The molecule has 0 aromatic heterocycles. The van der Waals surface area contributed by atoms with E-state index in [4.69, 9.17) is 11.5 Å². The fourth-order valence-electron chi connectivity index (χ4n) is 1.51. The maximum absolute atomic E-state index is 5.96. The zero-order valence-electron chi connectivity index (χ0n) is 8.37. The molecule has 2 aromatic rings. The van der Waals surface area contributed by atoms with E-state index in [1.807, 2.05) is 36.4 Å². The molecule has 0 aliphatic heterocycles. The van der Waals surface area contributed by atoms with Crippen molar-refractivity contribution in [3.8, 4) is 11.1 Å². The zero-order valence-corrected chi connectivity index (χ0v) is 11.5. The van der Waals surface area contributed by atoms with E-state index < -0.39 is 0 Å². The molecule has 0 radical (unpaired) electrons. The average molecular weight is 342 g/mol. The lowest BCUT2D eigenvalue weighted by Crippen LogP contribution is -1.92. The monoisotopic (exact) mass is 340 g/mol. The van der Waals surface area contributed by atoms with Crippen molar-refractivity contribution in [2.75, 3.05) is 11.5 Å². The largest absolute Gasteiger partial charge is 0.398 e. The Bertz CT molecular complexity index is 539. The van der Waals surface area contributed by atoms with Crippen LogP contribution in [0.1, 0.15) is 0 Å². The molecule has 2 aromatic carbocycles. The molecule has 82 valence electrons. The van der Waals surface area contributed by atoms with Gasteiger partial charge in [-0.15, -0.1) is 0 Å². The number of hydrogen-bond acceptors (Lipinski definition) is 2. The normalized spacial score (nSPS) is 10.4. The predicted molar refractivity (Wildman–Crippen MR) is 76.1 cm³/mol. The minimum absolute atomic E-state index is 0.708. The van der Waals surface area contributed by atoms with E-state index in [-0.39, 0.29) is 0 Å². The SMILES string of the molecule is Nc1cc(-c2ccc(Br)cc2N)ccc1Br. The van der Waals surface area contributed by atoms with E-state index in [0.29, 0.717) is 5.69 Å². The van der Waals surface area contributed by atoms with E-state index in [1.54, 1.807) is 0 Å². The molecule has 2 rings (SSSR count). The Labute approximate surface area is 111 Å². The van der Waals surface area contributed by atoms with Gasteiger partial charge in [-0.05, 0) is 45.8 Å². The Morgan fingerprint density at radius 2 is 1.56 bits per heavy atom. The van der Waals surface area contributed by atoms with Gasteiger partial charge in [0.05, 0.1) is 0 Å². The molecule has 2 nitrogen and oxygen atoms in total. The Kier molecular flexibility index (Phi) is 3.21. The number of hydrogen-bond donors (Lipinski definition) is 2. The fraction of sp³-hybridized carbons (Fsp3) is 0. The molecule has 16 heavy (non-hydrogen) atoms. The van der Waals surface area contributed by atoms with Gasteiger partial charge in [0.15, 0.2) is 0 Å². The van der Waals surface area contributed by atoms with Crippen LogP contribution in [0.25, 0.3) is 11.1 Å². The molecule has 0 aliphatic rings. The second-order valence-electron chi connectivity index (χ2n) is 3.47. The van der Waals surface area contributed by atoms with Crippen molar-refractivity contribution in [1.82, 2.24) is 0 Å². The van der Waals surface area contributed by atoms with Gasteiger partial charge >= 0.3 is 0 Å². The Hall–Kier alpha value is -1.00. The van der Waals surface area contributed by atoms with Crippen molar-refractivity contribution in [2.45, 2.75) is 0 Å². The third kappa shape index (κ3) is 2.23. The zero-order chi connectivity index (χ0) is 11.7. The van der Waals surface area contributed by atoms with Crippen molar-refractivity contribution in [1.29, 1.82) is 0 Å². The van der Waals surface area contributed by atoms with Crippen LogP contribution in [0, 0.1) is 0 Å². The highest BCUT2D eigenvalue weighted by molar-refractivity contribution is 9.10. The Morgan fingerprint density at radius 3 is 2.19 bits per heavy atom. The summed E-state index contributed by atoms with van der Waals surface area (Å²) < 4.78 is 1.87. The molecule has 0 spiro atoms. The molecule has 0 bridgehead atoms. The first-order valence-corrected chi connectivity index (χ1v) is 6.27. The van der Waals surface area contributed by atoms with E-state index in [2.05, 4.69) is 31.9 Å². The number of halogens is 2. The van der Waals surface area contributed by atoms with Crippen LogP contribution in [0.5, 0.6) is 0 Å². The van der Waals surface area contributed by atoms with E-state index in [1.165, 1.54) is 0 Å². The fourth-order valence-corrected chi connectivity index (χ4v) is 2.13. The summed E-state index contributed by atoms with van der Waals surface area (Å²) in [6.07, 6.45) is 0. The van der Waals surface area contributed by atoms with E-state index in [9.17, 15) is 0 Å². The standard InChI is InChI=1S/C12H10Br2N2/c13-8-2-3-9(11(15)6-8)7-1-4-10(14)12(16)5-7/h1-6H,15-16H2. The van der Waals surface area contributed by atoms with Gasteiger partial charge in [0.1, 0.15) is 0 Å². The van der Waals surface area contributed by atoms with Crippen molar-refractivity contribution in [3.63, 3.8) is 0 Å². The highest BCUT2D eigenvalue weighted by Crippen LogP contribution is 2.31. The summed E-state index contributed by atoms with van der Waals surface area (Å²) in [5.41, 5.74) is 15.2. The summed E-state index contributed by atoms with van der Waals surface area (Å²) in [6.45, 7) is 0. The number of rotatable bonds is 1. The van der Waals surface area contributed by atoms with Crippen LogP contribution in [-0.4, -0.2) is 0 Å². The van der Waals surface area contributed by atoms with Gasteiger partial charge < -0.3 is 11.5 Å². The first kappa shape index (κ1) is 11.5.